The number of rotatable bonds is 7. The fourth-order valence-electron chi connectivity index (χ4n) is 3.02. The molecule has 28 heavy (non-hydrogen) atoms. The highest BCUT2D eigenvalue weighted by Crippen LogP contribution is 2.34. The molecule has 0 fully saturated rings. The summed E-state index contributed by atoms with van der Waals surface area (Å²) in [5.74, 6) is -0.279. The first kappa shape index (κ1) is 20.0. The molecule has 1 atom stereocenters. The Morgan fingerprint density at radius 1 is 1.14 bits per heavy atom. The molecule has 0 aliphatic carbocycles. The molecule has 0 N–H and O–H groups in total. The summed E-state index contributed by atoms with van der Waals surface area (Å²) in [5.41, 5.74) is 1.44. The van der Waals surface area contributed by atoms with Crippen molar-refractivity contribution in [3.63, 3.8) is 0 Å². The predicted molar refractivity (Wildman–Crippen MR) is 108 cm³/mol. The van der Waals surface area contributed by atoms with Crippen molar-refractivity contribution in [1.82, 2.24) is 0 Å². The van der Waals surface area contributed by atoms with Gasteiger partial charge in [-0.15, -0.1) is 0 Å². The van der Waals surface area contributed by atoms with E-state index in [0.717, 1.165) is 23.8 Å². The Bertz CT molecular complexity index is 1030. The van der Waals surface area contributed by atoms with Gasteiger partial charge in [-0.25, -0.2) is 9.59 Å². The second-order valence-corrected chi connectivity index (χ2v) is 6.69. The average molecular weight is 401 g/mol. The summed E-state index contributed by atoms with van der Waals surface area (Å²) in [6.45, 7) is 3.99. The molecule has 2 aromatic carbocycles. The van der Waals surface area contributed by atoms with E-state index in [9.17, 15) is 9.59 Å². The van der Waals surface area contributed by atoms with Crippen molar-refractivity contribution in [2.24, 2.45) is 0 Å². The Morgan fingerprint density at radius 3 is 2.57 bits per heavy atom. The van der Waals surface area contributed by atoms with Gasteiger partial charge in [0.2, 0.25) is 6.10 Å². The number of carbonyl (C=O) groups is 1. The molecule has 1 heterocycles. The number of hydrogen-bond acceptors (Lipinski definition) is 5. The third-order valence-corrected chi connectivity index (χ3v) is 4.55. The van der Waals surface area contributed by atoms with Gasteiger partial charge in [-0.2, -0.15) is 0 Å². The molecule has 0 spiro atoms. The third-order valence-electron chi connectivity index (χ3n) is 4.25. The van der Waals surface area contributed by atoms with Gasteiger partial charge in [-0.05, 0) is 25.0 Å². The lowest BCUT2D eigenvalue weighted by Gasteiger charge is -2.19. The van der Waals surface area contributed by atoms with Gasteiger partial charge in [0.25, 0.3) is 0 Å². The van der Waals surface area contributed by atoms with Crippen molar-refractivity contribution < 1.29 is 18.7 Å². The molecule has 146 valence electrons. The van der Waals surface area contributed by atoms with Gasteiger partial charge in [0.05, 0.1) is 11.6 Å². The lowest BCUT2D eigenvalue weighted by atomic mass is 10.1. The van der Waals surface area contributed by atoms with Crippen LogP contribution in [0, 0.1) is 0 Å². The standard InChI is InChI=1S/C22H21ClO5/c1-3-8-15-11-20(24)27-18-13-19(17(23)12-16(15)18)28-21(22(25)26-4-2)14-9-6-5-7-10-14/h5-7,9-13,21H,3-4,8H2,1-2H3. The molecule has 1 unspecified atom stereocenters. The van der Waals surface area contributed by atoms with Crippen LogP contribution in [0.2, 0.25) is 5.02 Å². The summed E-state index contributed by atoms with van der Waals surface area (Å²) in [5, 5.41) is 1.08. The van der Waals surface area contributed by atoms with Gasteiger partial charge >= 0.3 is 11.6 Å². The first-order valence-corrected chi connectivity index (χ1v) is 9.55. The SMILES string of the molecule is CCCc1cc(=O)oc2cc(OC(C(=O)OCC)c3ccccc3)c(Cl)cc12. The Balaban J connectivity index is 2.04. The van der Waals surface area contributed by atoms with E-state index in [1.165, 1.54) is 6.07 Å². The summed E-state index contributed by atoms with van der Waals surface area (Å²) in [7, 11) is 0. The molecular formula is C22H21ClO5. The number of hydrogen-bond donors (Lipinski definition) is 0. The van der Waals surface area contributed by atoms with Gasteiger partial charge < -0.3 is 13.9 Å². The second kappa shape index (κ2) is 8.93. The van der Waals surface area contributed by atoms with Crippen molar-refractivity contribution in [2.75, 3.05) is 6.61 Å². The third kappa shape index (κ3) is 4.37. The molecule has 0 amide bonds. The number of halogens is 1. The van der Waals surface area contributed by atoms with Crippen molar-refractivity contribution in [3.8, 4) is 5.75 Å². The first-order chi connectivity index (χ1) is 13.5. The minimum absolute atomic E-state index is 0.228. The number of fused-ring (bicyclic) bond motifs is 1. The van der Waals surface area contributed by atoms with E-state index in [-0.39, 0.29) is 12.4 Å². The maximum absolute atomic E-state index is 12.5. The zero-order valence-corrected chi connectivity index (χ0v) is 16.5. The van der Waals surface area contributed by atoms with E-state index < -0.39 is 17.7 Å². The average Bonchev–Trinajstić information content (AvgIpc) is 2.68. The van der Waals surface area contributed by atoms with Crippen molar-refractivity contribution >= 4 is 28.5 Å². The lowest BCUT2D eigenvalue weighted by Crippen LogP contribution is -2.21. The van der Waals surface area contributed by atoms with Crippen LogP contribution in [-0.2, 0) is 16.0 Å². The fraction of sp³-hybridized carbons (Fsp3) is 0.273. The molecule has 1 aromatic heterocycles. The normalized spacial score (nSPS) is 12.0. The minimum atomic E-state index is -0.985. The molecule has 5 nitrogen and oxygen atoms in total. The lowest BCUT2D eigenvalue weighted by molar-refractivity contribution is -0.151. The monoisotopic (exact) mass is 400 g/mol. The highest BCUT2D eigenvalue weighted by molar-refractivity contribution is 6.32. The summed E-state index contributed by atoms with van der Waals surface area (Å²) < 4.78 is 16.4. The zero-order valence-electron chi connectivity index (χ0n) is 15.7. The van der Waals surface area contributed by atoms with E-state index in [2.05, 4.69) is 0 Å². The van der Waals surface area contributed by atoms with E-state index in [4.69, 9.17) is 25.5 Å². The molecule has 0 aliphatic rings. The van der Waals surface area contributed by atoms with Crippen LogP contribution in [0.4, 0.5) is 0 Å². The summed E-state index contributed by atoms with van der Waals surface area (Å²) in [6, 6.07) is 13.7. The largest absolute Gasteiger partial charge is 0.472 e. The topological polar surface area (TPSA) is 65.7 Å². The molecule has 0 aliphatic heterocycles. The van der Waals surface area contributed by atoms with Gasteiger partial charge in [0, 0.05) is 23.1 Å². The fourth-order valence-corrected chi connectivity index (χ4v) is 3.23. The number of benzene rings is 2. The smallest absolute Gasteiger partial charge is 0.352 e. The molecule has 3 aromatic rings. The van der Waals surface area contributed by atoms with Crippen LogP contribution in [0.5, 0.6) is 5.75 Å². The molecule has 0 bridgehead atoms. The number of esters is 1. The quantitative estimate of drug-likeness (QED) is 0.408. The molecular weight excluding hydrogens is 380 g/mol. The second-order valence-electron chi connectivity index (χ2n) is 6.28. The van der Waals surface area contributed by atoms with Crippen LogP contribution in [0.3, 0.4) is 0 Å². The van der Waals surface area contributed by atoms with Crippen molar-refractivity contribution in [1.29, 1.82) is 0 Å². The van der Waals surface area contributed by atoms with E-state index in [1.807, 2.05) is 25.1 Å². The van der Waals surface area contributed by atoms with Crippen LogP contribution in [-0.4, -0.2) is 12.6 Å². The minimum Gasteiger partial charge on any atom is -0.472 e. The Hall–Kier alpha value is -2.79. The maximum Gasteiger partial charge on any atom is 0.352 e. The van der Waals surface area contributed by atoms with Crippen molar-refractivity contribution in [3.05, 3.63) is 75.1 Å². The van der Waals surface area contributed by atoms with Crippen molar-refractivity contribution in [2.45, 2.75) is 32.8 Å². The van der Waals surface area contributed by atoms with Crippen LogP contribution in [0.25, 0.3) is 11.0 Å². The summed E-state index contributed by atoms with van der Waals surface area (Å²) in [4.78, 5) is 24.4. The Kier molecular flexibility index (Phi) is 6.37. The van der Waals surface area contributed by atoms with E-state index >= 15 is 0 Å². The van der Waals surface area contributed by atoms with Crippen LogP contribution < -0.4 is 10.4 Å². The highest BCUT2D eigenvalue weighted by Gasteiger charge is 2.25. The summed E-state index contributed by atoms with van der Waals surface area (Å²) >= 11 is 6.43. The Labute approximate surface area is 167 Å². The molecule has 3 rings (SSSR count). The maximum atomic E-state index is 12.5. The zero-order chi connectivity index (χ0) is 20.1. The van der Waals surface area contributed by atoms with Gasteiger partial charge in [0.1, 0.15) is 11.3 Å². The van der Waals surface area contributed by atoms with Gasteiger partial charge in [0.15, 0.2) is 0 Å². The number of carbonyl (C=O) groups excluding carboxylic acids is 1. The highest BCUT2D eigenvalue weighted by atomic mass is 35.5. The predicted octanol–water partition coefficient (Wildman–Crippen LogP) is 5.08. The first-order valence-electron chi connectivity index (χ1n) is 9.18. The van der Waals surface area contributed by atoms with Gasteiger partial charge in [-0.1, -0.05) is 55.3 Å². The number of aryl methyl sites for hydroxylation is 1. The Morgan fingerprint density at radius 2 is 1.89 bits per heavy atom. The number of ether oxygens (including phenoxy) is 2. The summed E-state index contributed by atoms with van der Waals surface area (Å²) in [6.07, 6.45) is 0.628. The van der Waals surface area contributed by atoms with Crippen LogP contribution >= 0.6 is 11.6 Å². The molecule has 0 saturated carbocycles. The van der Waals surface area contributed by atoms with E-state index in [1.54, 1.807) is 31.2 Å². The molecule has 6 heteroatoms. The van der Waals surface area contributed by atoms with Crippen LogP contribution in [0.1, 0.15) is 37.5 Å². The van der Waals surface area contributed by atoms with Crippen LogP contribution in [0.15, 0.2) is 57.7 Å². The molecule has 0 radical (unpaired) electrons. The van der Waals surface area contributed by atoms with E-state index in [0.29, 0.717) is 16.2 Å². The van der Waals surface area contributed by atoms with Gasteiger partial charge in [-0.3, -0.25) is 0 Å². The molecule has 0 saturated heterocycles.